The Kier molecular flexibility index (Phi) is 8.16. The molecule has 1 unspecified atom stereocenters. The Morgan fingerprint density at radius 3 is 2.59 bits per heavy atom. The second-order valence-corrected chi connectivity index (χ2v) is 9.17. The zero-order chi connectivity index (χ0) is 20.7. The van der Waals surface area contributed by atoms with Crippen molar-refractivity contribution in [2.24, 2.45) is 0 Å². The molecule has 1 saturated heterocycles. The maximum atomic E-state index is 13.6. The monoisotopic (exact) mass is 442 g/mol. The van der Waals surface area contributed by atoms with Crippen LogP contribution in [0.2, 0.25) is 5.02 Å². The van der Waals surface area contributed by atoms with E-state index in [1.807, 2.05) is 26.0 Å². The van der Waals surface area contributed by atoms with E-state index in [2.05, 4.69) is 10.3 Å². The lowest BCUT2D eigenvalue weighted by Gasteiger charge is -2.17. The molecule has 7 nitrogen and oxygen atoms in total. The third-order valence-electron chi connectivity index (χ3n) is 4.42. The van der Waals surface area contributed by atoms with Crippen molar-refractivity contribution in [3.8, 4) is 11.5 Å². The Hall–Kier alpha value is -1.37. The predicted molar refractivity (Wildman–Crippen MR) is 114 cm³/mol. The lowest BCUT2D eigenvalue weighted by atomic mass is 10.2. The van der Waals surface area contributed by atoms with Crippen molar-refractivity contribution >= 4 is 30.5 Å². The molecule has 0 aliphatic carbocycles. The van der Waals surface area contributed by atoms with Gasteiger partial charge in [0.05, 0.1) is 29.9 Å². The van der Waals surface area contributed by atoms with Gasteiger partial charge in [-0.1, -0.05) is 37.6 Å². The summed E-state index contributed by atoms with van der Waals surface area (Å²) in [5.74, 6) is 0.534. The first-order valence-electron chi connectivity index (χ1n) is 10.1. The number of ether oxygens (including phenoxy) is 1. The van der Waals surface area contributed by atoms with Crippen molar-refractivity contribution in [2.75, 3.05) is 31.7 Å². The van der Waals surface area contributed by atoms with Gasteiger partial charge in [0.25, 0.3) is 0 Å². The Morgan fingerprint density at radius 2 is 1.97 bits per heavy atom. The average molecular weight is 443 g/mol. The minimum Gasteiger partial charge on any atom is -0.420 e. The second-order valence-electron chi connectivity index (χ2n) is 6.83. The normalized spacial score (nSPS) is 17.0. The number of anilines is 1. The predicted octanol–water partition coefficient (Wildman–Crippen LogP) is 5.26. The van der Waals surface area contributed by atoms with Gasteiger partial charge < -0.3 is 23.5 Å². The number of aromatic nitrogens is 1. The molecule has 0 radical (unpaired) electrons. The van der Waals surface area contributed by atoms with Crippen LogP contribution in [0.25, 0.3) is 11.5 Å². The number of halogens is 1. The highest BCUT2D eigenvalue weighted by atomic mass is 35.5. The zero-order valence-electron chi connectivity index (χ0n) is 16.9. The van der Waals surface area contributed by atoms with E-state index in [0.717, 1.165) is 19.4 Å². The first-order chi connectivity index (χ1) is 14.1. The second kappa shape index (κ2) is 10.6. The Bertz CT molecular complexity index is 826. The van der Waals surface area contributed by atoms with Gasteiger partial charge in [0.2, 0.25) is 17.2 Å². The highest BCUT2D eigenvalue weighted by molar-refractivity contribution is 7.62. The van der Waals surface area contributed by atoms with Crippen molar-refractivity contribution in [3.05, 3.63) is 29.3 Å². The molecule has 3 rings (SSSR count). The number of hydrogen-bond acceptors (Lipinski definition) is 7. The molecule has 0 amide bonds. The van der Waals surface area contributed by atoms with Gasteiger partial charge in [0.15, 0.2) is 0 Å². The third-order valence-corrected chi connectivity index (χ3v) is 6.61. The molecule has 1 fully saturated rings. The highest BCUT2D eigenvalue weighted by Gasteiger charge is 2.36. The minimum atomic E-state index is -3.67. The number of nitrogens with one attached hydrogen (secondary N) is 1. The number of hydrogen-bond donors (Lipinski definition) is 1. The van der Waals surface area contributed by atoms with Crippen LogP contribution in [0.5, 0.6) is 0 Å². The van der Waals surface area contributed by atoms with Crippen LogP contribution in [-0.2, 0) is 18.3 Å². The van der Waals surface area contributed by atoms with Crippen molar-refractivity contribution < 1.29 is 22.8 Å². The molecule has 1 aliphatic heterocycles. The summed E-state index contributed by atoms with van der Waals surface area (Å²) in [7, 11) is -3.67. The van der Waals surface area contributed by atoms with Crippen molar-refractivity contribution in [1.82, 2.24) is 4.98 Å². The molecule has 2 heterocycles. The SMILES string of the molecule is CCCOP(=O)(OCCC)c1nc(-c2ccccc2Cl)oc1NCC1CCCO1. The van der Waals surface area contributed by atoms with E-state index in [9.17, 15) is 4.57 Å². The molecular weight excluding hydrogens is 415 g/mol. The molecule has 29 heavy (non-hydrogen) atoms. The van der Waals surface area contributed by atoms with Crippen molar-refractivity contribution in [2.45, 2.75) is 45.6 Å². The lowest BCUT2D eigenvalue weighted by Crippen LogP contribution is -2.23. The average Bonchev–Trinajstić information content (AvgIpc) is 3.39. The van der Waals surface area contributed by atoms with Gasteiger partial charge in [-0.15, -0.1) is 0 Å². The van der Waals surface area contributed by atoms with Crippen molar-refractivity contribution in [3.63, 3.8) is 0 Å². The molecule has 1 atom stereocenters. The van der Waals surface area contributed by atoms with Gasteiger partial charge in [0.1, 0.15) is 0 Å². The van der Waals surface area contributed by atoms with Gasteiger partial charge >= 0.3 is 7.60 Å². The van der Waals surface area contributed by atoms with E-state index in [0.29, 0.717) is 43.2 Å². The van der Waals surface area contributed by atoms with Crippen molar-refractivity contribution in [1.29, 1.82) is 0 Å². The topological polar surface area (TPSA) is 82.8 Å². The number of nitrogens with zero attached hydrogens (tertiary/aromatic N) is 1. The molecule has 160 valence electrons. The summed E-state index contributed by atoms with van der Waals surface area (Å²) in [6.07, 6.45) is 3.47. The maximum absolute atomic E-state index is 13.6. The van der Waals surface area contributed by atoms with Crippen LogP contribution < -0.4 is 10.8 Å². The lowest BCUT2D eigenvalue weighted by molar-refractivity contribution is 0.120. The molecule has 9 heteroatoms. The van der Waals surface area contributed by atoms with Gasteiger partial charge in [-0.3, -0.25) is 4.57 Å². The summed E-state index contributed by atoms with van der Waals surface area (Å²) in [4.78, 5) is 4.50. The van der Waals surface area contributed by atoms with Crippen LogP contribution in [0.3, 0.4) is 0 Å². The summed E-state index contributed by atoms with van der Waals surface area (Å²) in [5, 5.41) is 3.68. The van der Waals surface area contributed by atoms with Crippen LogP contribution in [0, 0.1) is 0 Å². The van der Waals surface area contributed by atoms with Crippen LogP contribution in [-0.4, -0.2) is 37.5 Å². The molecule has 0 bridgehead atoms. The van der Waals surface area contributed by atoms with E-state index < -0.39 is 7.60 Å². The first-order valence-corrected chi connectivity index (χ1v) is 12.0. The zero-order valence-corrected chi connectivity index (χ0v) is 18.5. The fourth-order valence-corrected chi connectivity index (χ4v) is 4.93. The van der Waals surface area contributed by atoms with E-state index in [1.165, 1.54) is 0 Å². The Morgan fingerprint density at radius 1 is 1.24 bits per heavy atom. The summed E-state index contributed by atoms with van der Waals surface area (Å²) in [6, 6.07) is 7.21. The fourth-order valence-electron chi connectivity index (χ4n) is 2.96. The molecular formula is C20H28ClN2O5P. The van der Waals surface area contributed by atoms with Gasteiger partial charge in [-0.25, -0.2) is 0 Å². The van der Waals surface area contributed by atoms with E-state index in [-0.39, 0.29) is 23.3 Å². The summed E-state index contributed by atoms with van der Waals surface area (Å²) in [5.41, 5.74) is 0.755. The molecule has 0 spiro atoms. The van der Waals surface area contributed by atoms with Gasteiger partial charge in [-0.2, -0.15) is 4.98 Å². The summed E-state index contributed by atoms with van der Waals surface area (Å²) >= 11 is 6.31. The van der Waals surface area contributed by atoms with E-state index in [1.54, 1.807) is 12.1 Å². The third kappa shape index (κ3) is 5.62. The molecule has 1 aromatic carbocycles. The smallest absolute Gasteiger partial charge is 0.385 e. The highest BCUT2D eigenvalue weighted by Crippen LogP contribution is 2.49. The van der Waals surface area contributed by atoms with Gasteiger partial charge in [0, 0.05) is 13.2 Å². The number of oxazole rings is 1. The summed E-state index contributed by atoms with van der Waals surface area (Å²) < 4.78 is 36.6. The standard InChI is InChI=1S/C20H28ClN2O5P/c1-3-11-26-29(24,27-12-4-2)20-19(22-14-15-8-7-13-25-15)28-18(23-20)16-9-5-6-10-17(16)21/h5-6,9-10,15,22H,3-4,7-8,11-14H2,1-2H3. The van der Waals surface area contributed by atoms with E-state index >= 15 is 0 Å². The van der Waals surface area contributed by atoms with Crippen LogP contribution in [0.1, 0.15) is 39.5 Å². The molecule has 1 aliphatic rings. The minimum absolute atomic E-state index is 0.0734. The van der Waals surface area contributed by atoms with E-state index in [4.69, 9.17) is 29.8 Å². The number of rotatable bonds is 11. The molecule has 1 aromatic heterocycles. The Labute approximate surface area is 176 Å². The van der Waals surface area contributed by atoms with Crippen LogP contribution in [0.15, 0.2) is 28.7 Å². The largest absolute Gasteiger partial charge is 0.420 e. The molecule has 0 saturated carbocycles. The quantitative estimate of drug-likeness (QED) is 0.475. The molecule has 1 N–H and O–H groups in total. The van der Waals surface area contributed by atoms with Gasteiger partial charge in [-0.05, 0) is 37.8 Å². The van der Waals surface area contributed by atoms with Crippen LogP contribution >= 0.6 is 19.2 Å². The molecule has 2 aromatic rings. The summed E-state index contributed by atoms with van der Waals surface area (Å²) in [6.45, 7) is 5.74. The number of benzene rings is 1. The van der Waals surface area contributed by atoms with Crippen LogP contribution in [0.4, 0.5) is 5.88 Å². The first kappa shape index (κ1) is 22.3. The maximum Gasteiger partial charge on any atom is 0.385 e. The Balaban J connectivity index is 1.96. The fraction of sp³-hybridized carbons (Fsp3) is 0.550.